The molecule has 2 fully saturated rings. The highest BCUT2D eigenvalue weighted by atomic mass is 16.5. The van der Waals surface area contributed by atoms with E-state index < -0.39 is 0 Å². The number of rotatable bonds is 1. The van der Waals surface area contributed by atoms with E-state index in [4.69, 9.17) is 4.74 Å². The summed E-state index contributed by atoms with van der Waals surface area (Å²) in [4.78, 5) is 13.3. The van der Waals surface area contributed by atoms with Crippen LogP contribution in [0, 0.1) is 11.8 Å². The average Bonchev–Trinajstić information content (AvgIpc) is 2.63. The lowest BCUT2D eigenvalue weighted by atomic mass is 10.2. The minimum Gasteiger partial charge on any atom is -0.468 e. The number of hydrogen-bond donors (Lipinski definition) is 0. The Balaban J connectivity index is 2.06. The van der Waals surface area contributed by atoms with Crippen molar-refractivity contribution in [2.75, 3.05) is 20.7 Å². The van der Waals surface area contributed by atoms with Crippen molar-refractivity contribution in [1.29, 1.82) is 0 Å². The molecule has 0 aromatic heterocycles. The van der Waals surface area contributed by atoms with Crippen molar-refractivity contribution in [2.24, 2.45) is 11.8 Å². The second-order valence-corrected chi connectivity index (χ2v) is 3.57. The van der Waals surface area contributed by atoms with E-state index in [-0.39, 0.29) is 12.0 Å². The highest BCUT2D eigenvalue weighted by Crippen LogP contribution is 2.49. The summed E-state index contributed by atoms with van der Waals surface area (Å²) in [5, 5.41) is 0. The summed E-state index contributed by atoms with van der Waals surface area (Å²) in [5.74, 6) is 1.33. The SMILES string of the molecule is COC(=O)C1[C@@H]2C[C@@H]2CN1C. The number of carbonyl (C=O) groups is 1. The molecule has 0 N–H and O–H groups in total. The van der Waals surface area contributed by atoms with E-state index in [1.165, 1.54) is 13.5 Å². The van der Waals surface area contributed by atoms with Crippen LogP contribution in [0.25, 0.3) is 0 Å². The quantitative estimate of drug-likeness (QED) is 0.503. The minimum absolute atomic E-state index is 0.0579. The summed E-state index contributed by atoms with van der Waals surface area (Å²) in [5.41, 5.74) is 0. The van der Waals surface area contributed by atoms with Gasteiger partial charge in [0.1, 0.15) is 6.04 Å². The van der Waals surface area contributed by atoms with Gasteiger partial charge in [-0.15, -0.1) is 0 Å². The van der Waals surface area contributed by atoms with Crippen LogP contribution in [-0.2, 0) is 9.53 Å². The van der Waals surface area contributed by atoms with Crippen LogP contribution in [0.4, 0.5) is 0 Å². The largest absolute Gasteiger partial charge is 0.468 e. The van der Waals surface area contributed by atoms with Gasteiger partial charge in [-0.25, -0.2) is 0 Å². The molecule has 1 saturated heterocycles. The Morgan fingerprint density at radius 3 is 2.82 bits per heavy atom. The number of fused-ring (bicyclic) bond motifs is 1. The van der Waals surface area contributed by atoms with Crippen molar-refractivity contribution in [2.45, 2.75) is 12.5 Å². The molecule has 2 rings (SSSR count). The van der Waals surface area contributed by atoms with Gasteiger partial charge in [0.25, 0.3) is 0 Å². The van der Waals surface area contributed by atoms with Crippen molar-refractivity contribution >= 4 is 5.97 Å². The molecule has 1 aliphatic carbocycles. The lowest BCUT2D eigenvalue weighted by Crippen LogP contribution is -2.37. The molecule has 1 aliphatic heterocycles. The van der Waals surface area contributed by atoms with Gasteiger partial charge in [0.2, 0.25) is 0 Å². The first-order chi connectivity index (χ1) is 5.24. The molecule has 0 amide bonds. The summed E-state index contributed by atoms with van der Waals surface area (Å²) in [6.45, 7) is 1.07. The van der Waals surface area contributed by atoms with Crippen molar-refractivity contribution in [3.63, 3.8) is 0 Å². The molecule has 0 spiro atoms. The van der Waals surface area contributed by atoms with E-state index >= 15 is 0 Å². The molecule has 62 valence electrons. The Kier molecular flexibility index (Phi) is 1.42. The maximum atomic E-state index is 11.2. The Morgan fingerprint density at radius 1 is 1.64 bits per heavy atom. The molecule has 3 nitrogen and oxygen atoms in total. The summed E-state index contributed by atoms with van der Waals surface area (Å²) in [7, 11) is 3.46. The maximum absolute atomic E-state index is 11.2. The minimum atomic E-state index is -0.0579. The van der Waals surface area contributed by atoms with Gasteiger partial charge < -0.3 is 4.74 Å². The molecular formula is C8H13NO2. The van der Waals surface area contributed by atoms with Crippen molar-refractivity contribution in [3.8, 4) is 0 Å². The molecular weight excluding hydrogens is 142 g/mol. The zero-order chi connectivity index (χ0) is 8.01. The number of methoxy groups -OCH3 is 1. The molecule has 1 heterocycles. The molecule has 0 aromatic rings. The van der Waals surface area contributed by atoms with E-state index in [1.54, 1.807) is 0 Å². The van der Waals surface area contributed by atoms with Crippen molar-refractivity contribution < 1.29 is 9.53 Å². The summed E-state index contributed by atoms with van der Waals surface area (Å²) < 4.78 is 4.72. The zero-order valence-electron chi connectivity index (χ0n) is 6.91. The summed E-state index contributed by atoms with van der Waals surface area (Å²) in [6.07, 6.45) is 1.23. The standard InChI is InChI=1S/C8H13NO2/c1-9-4-5-3-6(5)7(9)8(10)11-2/h5-7H,3-4H2,1-2H3/t5-,6-,7?/m1/s1. The van der Waals surface area contributed by atoms with Gasteiger partial charge in [0, 0.05) is 6.54 Å². The third-order valence-corrected chi connectivity index (χ3v) is 2.82. The highest BCUT2D eigenvalue weighted by molar-refractivity contribution is 5.77. The normalized spacial score (nSPS) is 41.8. The van der Waals surface area contributed by atoms with Crippen LogP contribution < -0.4 is 0 Å². The molecule has 0 aromatic carbocycles. The number of piperidine rings is 1. The van der Waals surface area contributed by atoms with Crippen LogP contribution in [0.2, 0.25) is 0 Å². The van der Waals surface area contributed by atoms with Crippen LogP contribution in [0.5, 0.6) is 0 Å². The highest BCUT2D eigenvalue weighted by Gasteiger charge is 2.54. The molecule has 1 unspecified atom stereocenters. The Morgan fingerprint density at radius 2 is 2.36 bits per heavy atom. The fourth-order valence-corrected chi connectivity index (χ4v) is 2.15. The molecule has 3 heteroatoms. The fraction of sp³-hybridized carbons (Fsp3) is 0.875. The lowest BCUT2D eigenvalue weighted by molar-refractivity contribution is -0.146. The van der Waals surface area contributed by atoms with Gasteiger partial charge in [-0.2, -0.15) is 0 Å². The third kappa shape index (κ3) is 0.948. The predicted octanol–water partition coefficient (Wildman–Crippen LogP) is 0.109. The monoisotopic (exact) mass is 155 g/mol. The number of likely N-dealkylation sites (N-methyl/N-ethyl adjacent to an activating group) is 1. The number of carbonyl (C=O) groups excluding carboxylic acids is 1. The first-order valence-corrected chi connectivity index (χ1v) is 4.02. The van der Waals surface area contributed by atoms with E-state index in [1.807, 2.05) is 7.05 Å². The fourth-order valence-electron chi connectivity index (χ4n) is 2.15. The number of esters is 1. The van der Waals surface area contributed by atoms with E-state index in [9.17, 15) is 4.79 Å². The molecule has 2 aliphatic rings. The zero-order valence-corrected chi connectivity index (χ0v) is 6.91. The Bertz CT molecular complexity index is 191. The van der Waals surface area contributed by atoms with E-state index in [2.05, 4.69) is 4.90 Å². The number of likely N-dealkylation sites (tertiary alicyclic amines) is 1. The first kappa shape index (κ1) is 7.10. The molecule has 11 heavy (non-hydrogen) atoms. The van der Waals surface area contributed by atoms with Gasteiger partial charge in [-0.3, -0.25) is 9.69 Å². The second kappa shape index (κ2) is 2.21. The van der Waals surface area contributed by atoms with Gasteiger partial charge in [-0.1, -0.05) is 0 Å². The third-order valence-electron chi connectivity index (χ3n) is 2.82. The summed E-state index contributed by atoms with van der Waals surface area (Å²) in [6, 6.07) is 0.0602. The predicted molar refractivity (Wildman–Crippen MR) is 40.0 cm³/mol. The maximum Gasteiger partial charge on any atom is 0.323 e. The Labute approximate surface area is 66.3 Å². The molecule has 0 radical (unpaired) electrons. The van der Waals surface area contributed by atoms with Gasteiger partial charge in [0.05, 0.1) is 7.11 Å². The van der Waals surface area contributed by atoms with Crippen LogP contribution >= 0.6 is 0 Å². The smallest absolute Gasteiger partial charge is 0.323 e. The average molecular weight is 155 g/mol. The molecule has 3 atom stereocenters. The van der Waals surface area contributed by atoms with Gasteiger partial charge in [0.15, 0.2) is 0 Å². The van der Waals surface area contributed by atoms with E-state index in [0.717, 1.165) is 12.5 Å². The van der Waals surface area contributed by atoms with Gasteiger partial charge in [-0.05, 0) is 25.3 Å². The van der Waals surface area contributed by atoms with Crippen LogP contribution in [0.3, 0.4) is 0 Å². The second-order valence-electron chi connectivity index (χ2n) is 3.57. The van der Waals surface area contributed by atoms with Crippen molar-refractivity contribution in [1.82, 2.24) is 4.90 Å². The van der Waals surface area contributed by atoms with Crippen LogP contribution in [0.1, 0.15) is 6.42 Å². The topological polar surface area (TPSA) is 29.5 Å². The number of hydrogen-bond acceptors (Lipinski definition) is 3. The van der Waals surface area contributed by atoms with Crippen LogP contribution in [-0.4, -0.2) is 37.6 Å². The lowest BCUT2D eigenvalue weighted by Gasteiger charge is -2.19. The number of nitrogens with zero attached hydrogens (tertiary/aromatic N) is 1. The van der Waals surface area contributed by atoms with Crippen molar-refractivity contribution in [3.05, 3.63) is 0 Å². The number of ether oxygens (including phenoxy) is 1. The first-order valence-electron chi connectivity index (χ1n) is 4.02. The van der Waals surface area contributed by atoms with Gasteiger partial charge >= 0.3 is 5.97 Å². The summed E-state index contributed by atoms with van der Waals surface area (Å²) >= 11 is 0. The molecule has 1 saturated carbocycles. The van der Waals surface area contributed by atoms with E-state index in [0.29, 0.717) is 5.92 Å². The molecule has 0 bridgehead atoms. The van der Waals surface area contributed by atoms with Crippen LogP contribution in [0.15, 0.2) is 0 Å². The Hall–Kier alpha value is -0.570.